The Morgan fingerprint density at radius 1 is 1.00 bits per heavy atom. The van der Waals surface area contributed by atoms with Crippen LogP contribution in [0, 0.1) is 5.92 Å². The molecule has 1 heterocycles. The van der Waals surface area contributed by atoms with Crippen molar-refractivity contribution in [3.8, 4) is 0 Å². The second kappa shape index (κ2) is 11.3. The Labute approximate surface area is 205 Å². The third kappa shape index (κ3) is 6.44. The molecule has 0 unspecified atom stereocenters. The van der Waals surface area contributed by atoms with Gasteiger partial charge in [0.1, 0.15) is 6.04 Å². The maximum atomic E-state index is 13.0. The van der Waals surface area contributed by atoms with Crippen LogP contribution >= 0.6 is 0 Å². The smallest absolute Gasteiger partial charge is 0.326 e. The summed E-state index contributed by atoms with van der Waals surface area (Å²) >= 11 is 0. The summed E-state index contributed by atoms with van der Waals surface area (Å²) in [6.07, 6.45) is 5.62. The molecule has 0 aliphatic rings. The Bertz CT molecular complexity index is 1270. The molecule has 3 aromatic rings. The number of rotatable bonds is 10. The Morgan fingerprint density at radius 2 is 1.69 bits per heavy atom. The molecule has 2 N–H and O–H groups in total. The van der Waals surface area contributed by atoms with Crippen LogP contribution in [-0.4, -0.2) is 33.4 Å². The number of carboxylic acids is 1. The fourth-order valence-electron chi connectivity index (χ4n) is 3.66. The van der Waals surface area contributed by atoms with Crippen molar-refractivity contribution >= 4 is 29.3 Å². The van der Waals surface area contributed by atoms with E-state index in [0.717, 1.165) is 16.7 Å². The lowest BCUT2D eigenvalue weighted by atomic mass is 10.0. The highest BCUT2D eigenvalue weighted by atomic mass is 16.4. The zero-order valence-corrected chi connectivity index (χ0v) is 20.2. The highest BCUT2D eigenvalue weighted by Gasteiger charge is 2.23. The molecule has 0 saturated heterocycles. The van der Waals surface area contributed by atoms with Gasteiger partial charge in [-0.15, -0.1) is 0 Å². The minimum absolute atomic E-state index is 0.0616. The normalized spacial score (nSPS) is 12.0. The minimum Gasteiger partial charge on any atom is -0.480 e. The van der Waals surface area contributed by atoms with Crippen LogP contribution in [0.5, 0.6) is 0 Å². The van der Waals surface area contributed by atoms with Gasteiger partial charge in [0.2, 0.25) is 5.78 Å². The lowest BCUT2D eigenvalue weighted by Gasteiger charge is -2.18. The quantitative estimate of drug-likeness (QED) is 0.393. The molecule has 0 fully saturated rings. The maximum absolute atomic E-state index is 13.0. The van der Waals surface area contributed by atoms with Crippen LogP contribution in [0.4, 0.5) is 0 Å². The van der Waals surface area contributed by atoms with Crippen molar-refractivity contribution < 1.29 is 19.5 Å². The van der Waals surface area contributed by atoms with Gasteiger partial charge in [-0.1, -0.05) is 74.5 Å². The first-order chi connectivity index (χ1) is 16.7. The third-order valence-electron chi connectivity index (χ3n) is 5.68. The van der Waals surface area contributed by atoms with Crippen molar-refractivity contribution in [1.29, 1.82) is 0 Å². The van der Waals surface area contributed by atoms with E-state index in [2.05, 4.69) is 11.9 Å². The van der Waals surface area contributed by atoms with Gasteiger partial charge in [0.05, 0.1) is 5.69 Å². The Morgan fingerprint density at radius 3 is 2.31 bits per heavy atom. The van der Waals surface area contributed by atoms with Crippen molar-refractivity contribution in [2.75, 3.05) is 0 Å². The number of aromatic nitrogens is 1. The zero-order valence-electron chi connectivity index (χ0n) is 20.2. The summed E-state index contributed by atoms with van der Waals surface area (Å²) in [6.45, 7) is 9.81. The number of carbonyl (C=O) groups is 3. The van der Waals surface area contributed by atoms with Gasteiger partial charge in [-0.05, 0) is 48.2 Å². The molecule has 180 valence electrons. The first kappa shape index (κ1) is 25.4. The van der Waals surface area contributed by atoms with Crippen LogP contribution in [0.15, 0.2) is 79.5 Å². The Kier molecular flexibility index (Phi) is 8.21. The van der Waals surface area contributed by atoms with Gasteiger partial charge < -0.3 is 15.0 Å². The molecule has 1 atom stereocenters. The summed E-state index contributed by atoms with van der Waals surface area (Å²) in [6, 6.07) is 17.0. The number of aliphatic carboxylic acids is 1. The second-order valence-corrected chi connectivity index (χ2v) is 8.79. The fourth-order valence-corrected chi connectivity index (χ4v) is 3.66. The molecule has 1 aromatic heterocycles. The molecule has 0 aliphatic carbocycles. The van der Waals surface area contributed by atoms with Crippen LogP contribution < -0.4 is 5.32 Å². The van der Waals surface area contributed by atoms with E-state index in [-0.39, 0.29) is 11.7 Å². The van der Waals surface area contributed by atoms with E-state index in [4.69, 9.17) is 0 Å². The number of amides is 1. The number of benzene rings is 2. The predicted octanol–water partition coefficient (Wildman–Crippen LogP) is 5.30. The number of hydrogen-bond acceptors (Lipinski definition) is 3. The molecular formula is C29H30N2O4. The molecule has 0 aliphatic heterocycles. The monoisotopic (exact) mass is 470 g/mol. The van der Waals surface area contributed by atoms with Crippen molar-refractivity contribution in [2.24, 2.45) is 5.92 Å². The van der Waals surface area contributed by atoms with Crippen molar-refractivity contribution in [3.05, 3.63) is 107 Å². The second-order valence-electron chi connectivity index (χ2n) is 8.79. The van der Waals surface area contributed by atoms with Crippen LogP contribution in [0.2, 0.25) is 0 Å². The lowest BCUT2D eigenvalue weighted by molar-refractivity contribution is -0.140. The maximum Gasteiger partial charge on any atom is 0.326 e. The largest absolute Gasteiger partial charge is 0.480 e. The van der Waals surface area contributed by atoms with Crippen LogP contribution in [0.1, 0.15) is 58.3 Å². The molecule has 3 rings (SSSR count). The van der Waals surface area contributed by atoms with E-state index in [1.807, 2.05) is 66.2 Å². The average Bonchev–Trinajstić information content (AvgIpc) is 3.30. The molecule has 35 heavy (non-hydrogen) atoms. The van der Waals surface area contributed by atoms with E-state index in [0.29, 0.717) is 23.4 Å². The summed E-state index contributed by atoms with van der Waals surface area (Å²) in [5, 5.41) is 11.9. The number of nitrogens with zero attached hydrogens (tertiary/aromatic N) is 1. The highest BCUT2D eigenvalue weighted by molar-refractivity contribution is 6.08. The Hall–Kier alpha value is -4.19. The van der Waals surface area contributed by atoms with Gasteiger partial charge in [-0.25, -0.2) is 4.79 Å². The molecule has 6 heteroatoms. The van der Waals surface area contributed by atoms with E-state index in [1.165, 1.54) is 0 Å². The minimum atomic E-state index is -1.06. The van der Waals surface area contributed by atoms with Crippen molar-refractivity contribution in [3.63, 3.8) is 0 Å². The molecule has 0 saturated carbocycles. The molecular weight excluding hydrogens is 440 g/mol. The topological polar surface area (TPSA) is 88.4 Å². The number of carboxylic acid groups (broad SMARTS) is 1. The van der Waals surface area contributed by atoms with E-state index >= 15 is 0 Å². The SMILES string of the molecule is C=C(C)c1ccc(C(=O)c2cccn2C/C=C/c2cccc(C(=O)N[C@H](C(=O)O)C(C)C)c2)cc1. The van der Waals surface area contributed by atoms with Gasteiger partial charge in [0, 0.05) is 23.9 Å². The highest BCUT2D eigenvalue weighted by Crippen LogP contribution is 2.16. The molecule has 0 radical (unpaired) electrons. The molecule has 2 aromatic carbocycles. The standard InChI is InChI=1S/C29H30N2O4/c1-19(2)22-12-14-23(15-13-22)27(32)25-11-7-17-31(25)16-6-9-21-8-5-10-24(18-21)28(33)30-26(20(3)4)29(34)35/h5-15,17-18,20,26H,1,16H2,2-4H3,(H,30,33)(H,34,35)/b9-6+/t26-/m0/s1. The first-order valence-electron chi connectivity index (χ1n) is 11.4. The van der Waals surface area contributed by atoms with Crippen molar-refractivity contribution in [1.82, 2.24) is 9.88 Å². The van der Waals surface area contributed by atoms with E-state index in [1.54, 1.807) is 38.1 Å². The Balaban J connectivity index is 1.69. The van der Waals surface area contributed by atoms with Gasteiger partial charge >= 0.3 is 5.97 Å². The van der Waals surface area contributed by atoms with Gasteiger partial charge in [0.25, 0.3) is 5.91 Å². The first-order valence-corrected chi connectivity index (χ1v) is 11.4. The predicted molar refractivity (Wildman–Crippen MR) is 138 cm³/mol. The number of nitrogens with one attached hydrogen (secondary N) is 1. The molecule has 6 nitrogen and oxygen atoms in total. The summed E-state index contributed by atoms with van der Waals surface area (Å²) < 4.78 is 1.86. The number of allylic oxidation sites excluding steroid dienone is 2. The molecule has 1 amide bonds. The van der Waals surface area contributed by atoms with Crippen molar-refractivity contribution in [2.45, 2.75) is 33.4 Å². The summed E-state index contributed by atoms with van der Waals surface area (Å²) in [5.41, 5.74) is 4.32. The van der Waals surface area contributed by atoms with Crippen LogP contribution in [-0.2, 0) is 11.3 Å². The van der Waals surface area contributed by atoms with Gasteiger partial charge in [-0.2, -0.15) is 0 Å². The summed E-state index contributed by atoms with van der Waals surface area (Å²) in [4.78, 5) is 36.9. The fraction of sp³-hybridized carbons (Fsp3) is 0.207. The summed E-state index contributed by atoms with van der Waals surface area (Å²) in [7, 11) is 0. The van der Waals surface area contributed by atoms with Gasteiger partial charge in [0.15, 0.2) is 0 Å². The van der Waals surface area contributed by atoms with Crippen LogP contribution in [0.3, 0.4) is 0 Å². The zero-order chi connectivity index (χ0) is 25.5. The van der Waals surface area contributed by atoms with E-state index in [9.17, 15) is 19.5 Å². The average molecular weight is 471 g/mol. The lowest BCUT2D eigenvalue weighted by Crippen LogP contribution is -2.44. The summed E-state index contributed by atoms with van der Waals surface area (Å²) in [5.74, 6) is -1.79. The van der Waals surface area contributed by atoms with E-state index < -0.39 is 17.9 Å². The molecule has 0 bridgehead atoms. The van der Waals surface area contributed by atoms with Gasteiger partial charge in [-0.3, -0.25) is 9.59 Å². The number of ketones is 1. The number of carbonyl (C=O) groups excluding carboxylic acids is 2. The number of hydrogen-bond donors (Lipinski definition) is 2. The molecule has 0 spiro atoms. The third-order valence-corrected chi connectivity index (χ3v) is 5.68. The van der Waals surface area contributed by atoms with Crippen LogP contribution in [0.25, 0.3) is 11.6 Å².